The second kappa shape index (κ2) is 8.81. The van der Waals surface area contributed by atoms with Crippen LogP contribution >= 0.6 is 0 Å². The highest BCUT2D eigenvalue weighted by atomic mass is 16.2. The zero-order valence-electron chi connectivity index (χ0n) is 18.3. The number of rotatable bonds is 6. The van der Waals surface area contributed by atoms with Crippen LogP contribution in [0.3, 0.4) is 0 Å². The first-order valence-corrected chi connectivity index (χ1v) is 10.6. The number of hydrogen-bond donors (Lipinski definition) is 1. The van der Waals surface area contributed by atoms with Gasteiger partial charge in [-0.05, 0) is 80.8 Å². The van der Waals surface area contributed by atoms with Crippen molar-refractivity contribution >= 4 is 17.8 Å². The summed E-state index contributed by atoms with van der Waals surface area (Å²) in [6.07, 6.45) is 4.06. The Balaban J connectivity index is 1.69. The number of nitrogens with zero attached hydrogens (tertiary/aromatic N) is 2. The monoisotopic (exact) mass is 391 g/mol. The van der Waals surface area contributed by atoms with E-state index in [1.807, 2.05) is 30.3 Å². The summed E-state index contributed by atoms with van der Waals surface area (Å²) in [6, 6.07) is 14.6. The van der Waals surface area contributed by atoms with Crippen molar-refractivity contribution in [2.24, 2.45) is 5.10 Å². The molecule has 29 heavy (non-hydrogen) atoms. The van der Waals surface area contributed by atoms with E-state index in [2.05, 4.69) is 62.2 Å². The molecule has 1 atom stereocenters. The van der Waals surface area contributed by atoms with Gasteiger partial charge in [-0.25, -0.2) is 5.43 Å². The van der Waals surface area contributed by atoms with Gasteiger partial charge in [0.15, 0.2) is 0 Å². The Labute approximate surface area is 175 Å². The van der Waals surface area contributed by atoms with Gasteiger partial charge in [-0.3, -0.25) is 4.79 Å². The van der Waals surface area contributed by atoms with Gasteiger partial charge in [0.25, 0.3) is 0 Å². The molecule has 0 radical (unpaired) electrons. The predicted octanol–water partition coefficient (Wildman–Crippen LogP) is 5.19. The summed E-state index contributed by atoms with van der Waals surface area (Å²) in [5.41, 5.74) is 8.94. The number of carbonyl (C=O) groups excluding carboxylic acids is 1. The Kier molecular flexibility index (Phi) is 6.41. The molecule has 0 saturated heterocycles. The maximum atomic E-state index is 12.1. The minimum Gasteiger partial charge on any atom is -0.366 e. The molecule has 1 heterocycles. The fraction of sp³-hybridized carbons (Fsp3) is 0.440. The van der Waals surface area contributed by atoms with Crippen LogP contribution in [0.25, 0.3) is 0 Å². The lowest BCUT2D eigenvalue weighted by atomic mass is 9.79. The van der Waals surface area contributed by atoms with Crippen molar-refractivity contribution in [3.8, 4) is 0 Å². The van der Waals surface area contributed by atoms with Crippen LogP contribution in [0.5, 0.6) is 0 Å². The minimum absolute atomic E-state index is 0.0620. The fourth-order valence-electron chi connectivity index (χ4n) is 4.52. The summed E-state index contributed by atoms with van der Waals surface area (Å²) in [7, 11) is 0. The molecule has 1 N–H and O–H groups in total. The van der Waals surface area contributed by atoms with Gasteiger partial charge >= 0.3 is 0 Å². The number of hydrogen-bond acceptors (Lipinski definition) is 3. The molecule has 1 amide bonds. The number of amides is 1. The smallest absolute Gasteiger partial charge is 0.240 e. The fourth-order valence-corrected chi connectivity index (χ4v) is 4.52. The zero-order valence-corrected chi connectivity index (χ0v) is 18.3. The Hall–Kier alpha value is -2.62. The molecule has 154 valence electrons. The molecule has 2 aromatic carbocycles. The average molecular weight is 392 g/mol. The number of hydrazone groups is 1. The lowest BCUT2D eigenvalue weighted by Crippen LogP contribution is -2.48. The molecule has 0 fully saturated rings. The van der Waals surface area contributed by atoms with Crippen LogP contribution < -0.4 is 10.3 Å². The number of aryl methyl sites for hydroxylation is 2. The minimum atomic E-state index is -0.0620. The van der Waals surface area contributed by atoms with Crippen molar-refractivity contribution in [1.82, 2.24) is 5.43 Å². The van der Waals surface area contributed by atoms with E-state index in [0.29, 0.717) is 12.3 Å². The quantitative estimate of drug-likeness (QED) is 0.544. The molecule has 0 saturated carbocycles. The van der Waals surface area contributed by atoms with Gasteiger partial charge in [-0.2, -0.15) is 5.10 Å². The van der Waals surface area contributed by atoms with Crippen molar-refractivity contribution in [3.63, 3.8) is 0 Å². The largest absolute Gasteiger partial charge is 0.366 e. The van der Waals surface area contributed by atoms with Crippen LogP contribution in [-0.4, -0.2) is 24.2 Å². The molecule has 0 bridgehead atoms. The van der Waals surface area contributed by atoms with Crippen LogP contribution in [0.15, 0.2) is 47.6 Å². The van der Waals surface area contributed by atoms with Crippen LogP contribution in [0, 0.1) is 6.92 Å². The van der Waals surface area contributed by atoms with Gasteiger partial charge in [0.2, 0.25) is 5.91 Å². The number of anilines is 1. The summed E-state index contributed by atoms with van der Waals surface area (Å²) in [6.45, 7) is 12.3. The molecule has 0 spiro atoms. The summed E-state index contributed by atoms with van der Waals surface area (Å²) in [5, 5.41) is 4.22. The third-order valence-corrected chi connectivity index (χ3v) is 5.97. The molecule has 4 nitrogen and oxygen atoms in total. The summed E-state index contributed by atoms with van der Waals surface area (Å²) < 4.78 is 0. The van der Waals surface area contributed by atoms with E-state index >= 15 is 0 Å². The second-order valence-electron chi connectivity index (χ2n) is 8.71. The first kappa shape index (κ1) is 21.1. The Morgan fingerprint density at radius 3 is 2.69 bits per heavy atom. The first-order chi connectivity index (χ1) is 13.8. The van der Waals surface area contributed by atoms with E-state index in [4.69, 9.17) is 0 Å². The number of nitrogens with one attached hydrogen (secondary N) is 1. The van der Waals surface area contributed by atoms with Crippen molar-refractivity contribution in [2.75, 3.05) is 11.4 Å². The van der Waals surface area contributed by atoms with E-state index in [0.717, 1.165) is 30.5 Å². The Morgan fingerprint density at radius 2 is 2.00 bits per heavy atom. The predicted molar refractivity (Wildman–Crippen MR) is 122 cm³/mol. The molecular formula is C25H33N3O. The lowest BCUT2D eigenvalue weighted by molar-refractivity contribution is -0.121. The summed E-state index contributed by atoms with van der Waals surface area (Å²) >= 11 is 0. The SMILES string of the molecule is CCN1c2cc(C)c(/C=N\NC(=O)CCc3ccccc3)cc2C(C)CC1(C)C. The molecule has 1 unspecified atom stereocenters. The first-order valence-electron chi connectivity index (χ1n) is 10.6. The third kappa shape index (κ3) is 4.87. The van der Waals surface area contributed by atoms with Crippen LogP contribution in [0.1, 0.15) is 68.7 Å². The molecular weight excluding hydrogens is 358 g/mol. The lowest BCUT2D eigenvalue weighted by Gasteiger charge is -2.47. The van der Waals surface area contributed by atoms with Crippen LogP contribution in [0.4, 0.5) is 5.69 Å². The average Bonchev–Trinajstić information content (AvgIpc) is 2.68. The highest BCUT2D eigenvalue weighted by molar-refractivity contribution is 5.85. The highest BCUT2D eigenvalue weighted by Gasteiger charge is 2.35. The van der Waals surface area contributed by atoms with Gasteiger partial charge in [0.05, 0.1) is 6.21 Å². The van der Waals surface area contributed by atoms with E-state index in [1.54, 1.807) is 6.21 Å². The molecule has 4 heteroatoms. The van der Waals surface area contributed by atoms with Crippen molar-refractivity contribution < 1.29 is 4.79 Å². The maximum Gasteiger partial charge on any atom is 0.240 e. The molecule has 3 rings (SSSR count). The van der Waals surface area contributed by atoms with Gasteiger partial charge < -0.3 is 4.90 Å². The van der Waals surface area contributed by atoms with Crippen LogP contribution in [0.2, 0.25) is 0 Å². The molecule has 2 aromatic rings. The van der Waals surface area contributed by atoms with Crippen molar-refractivity contribution in [3.05, 3.63) is 64.7 Å². The summed E-state index contributed by atoms with van der Waals surface area (Å²) in [5.74, 6) is 0.434. The van der Waals surface area contributed by atoms with E-state index in [-0.39, 0.29) is 11.4 Å². The Morgan fingerprint density at radius 1 is 1.28 bits per heavy atom. The van der Waals surface area contributed by atoms with Crippen molar-refractivity contribution in [2.45, 2.75) is 65.3 Å². The second-order valence-corrected chi connectivity index (χ2v) is 8.71. The maximum absolute atomic E-state index is 12.1. The normalized spacial score (nSPS) is 18.0. The number of fused-ring (bicyclic) bond motifs is 1. The third-order valence-electron chi connectivity index (χ3n) is 5.97. The van der Waals surface area contributed by atoms with Gasteiger partial charge in [0.1, 0.15) is 0 Å². The zero-order chi connectivity index (χ0) is 21.0. The molecule has 0 aliphatic carbocycles. The van der Waals surface area contributed by atoms with Crippen LogP contribution in [-0.2, 0) is 11.2 Å². The number of carbonyl (C=O) groups is 1. The molecule has 0 aromatic heterocycles. The van der Waals surface area contributed by atoms with Gasteiger partial charge in [-0.15, -0.1) is 0 Å². The van der Waals surface area contributed by atoms with Gasteiger partial charge in [0, 0.05) is 24.2 Å². The van der Waals surface area contributed by atoms with E-state index in [9.17, 15) is 4.79 Å². The molecule has 1 aliphatic rings. The topological polar surface area (TPSA) is 44.7 Å². The standard InChI is InChI=1S/C25H33N3O/c1-6-28-23-14-18(2)21(15-22(23)19(3)16-25(28,4)5)17-26-27-24(29)13-12-20-10-8-7-9-11-20/h7-11,14-15,17,19H,6,12-13,16H2,1-5H3,(H,27,29)/b26-17-. The van der Waals surface area contributed by atoms with E-state index < -0.39 is 0 Å². The van der Waals surface area contributed by atoms with Gasteiger partial charge in [-0.1, -0.05) is 37.3 Å². The highest BCUT2D eigenvalue weighted by Crippen LogP contribution is 2.43. The number of benzene rings is 2. The summed E-state index contributed by atoms with van der Waals surface area (Å²) in [4.78, 5) is 14.6. The van der Waals surface area contributed by atoms with E-state index in [1.165, 1.54) is 16.8 Å². The molecule has 1 aliphatic heterocycles. The van der Waals surface area contributed by atoms with Crippen molar-refractivity contribution in [1.29, 1.82) is 0 Å². The Bertz CT molecular complexity index is 886.